The van der Waals surface area contributed by atoms with Gasteiger partial charge in [0, 0.05) is 3.57 Å². The largest absolute Gasteiger partial charge is 0.207 e. The van der Waals surface area contributed by atoms with Crippen molar-refractivity contribution in [1.82, 2.24) is 0 Å². The van der Waals surface area contributed by atoms with Gasteiger partial charge in [0.2, 0.25) is 0 Å². The molecule has 0 aromatic heterocycles. The van der Waals surface area contributed by atoms with Crippen molar-refractivity contribution in [2.45, 2.75) is 6.92 Å². The minimum Gasteiger partial charge on any atom is -0.207 e. The lowest BCUT2D eigenvalue weighted by Crippen LogP contribution is -1.88. The van der Waals surface area contributed by atoms with Crippen molar-refractivity contribution in [2.75, 3.05) is 0 Å². The molecule has 3 heteroatoms. The fraction of sp³-hybridized carbons (Fsp3) is 0.125. The molecule has 0 aliphatic rings. The lowest BCUT2D eigenvalue weighted by molar-refractivity contribution is 0.625. The van der Waals surface area contributed by atoms with Crippen molar-refractivity contribution in [1.29, 1.82) is 5.26 Å². The molecule has 0 aliphatic carbocycles. The third kappa shape index (κ3) is 1.69. The monoisotopic (exact) mass is 261 g/mol. The van der Waals surface area contributed by atoms with Crippen molar-refractivity contribution < 1.29 is 4.39 Å². The maximum absolute atomic E-state index is 12.6. The summed E-state index contributed by atoms with van der Waals surface area (Å²) in [4.78, 5) is 0. The van der Waals surface area contributed by atoms with E-state index in [4.69, 9.17) is 5.26 Å². The highest BCUT2D eigenvalue weighted by Gasteiger charge is 2.03. The Balaban J connectivity index is 3.39. The molecule has 0 unspecified atom stereocenters. The molecule has 0 aliphatic heterocycles. The molecule has 1 rings (SSSR count). The molecule has 0 radical (unpaired) electrons. The fourth-order valence-electron chi connectivity index (χ4n) is 0.762. The van der Waals surface area contributed by atoms with Crippen LogP contribution in [0.15, 0.2) is 12.1 Å². The van der Waals surface area contributed by atoms with E-state index < -0.39 is 0 Å². The Morgan fingerprint density at radius 2 is 2.18 bits per heavy atom. The van der Waals surface area contributed by atoms with E-state index in [1.807, 2.05) is 28.7 Å². The Kier molecular flexibility index (Phi) is 2.45. The van der Waals surface area contributed by atoms with Gasteiger partial charge in [-0.05, 0) is 47.2 Å². The van der Waals surface area contributed by atoms with Crippen LogP contribution in [0.3, 0.4) is 0 Å². The van der Waals surface area contributed by atoms with Crippen LogP contribution in [0.4, 0.5) is 4.39 Å². The van der Waals surface area contributed by atoms with Gasteiger partial charge in [0.1, 0.15) is 5.82 Å². The van der Waals surface area contributed by atoms with E-state index in [0.29, 0.717) is 5.56 Å². The van der Waals surface area contributed by atoms with Crippen LogP contribution in [0.2, 0.25) is 0 Å². The molecule has 0 amide bonds. The van der Waals surface area contributed by atoms with Crippen LogP contribution in [-0.2, 0) is 0 Å². The maximum atomic E-state index is 12.6. The quantitative estimate of drug-likeness (QED) is 0.658. The Bertz CT molecular complexity index is 328. The predicted molar refractivity (Wildman–Crippen MR) is 48.6 cm³/mol. The van der Waals surface area contributed by atoms with Crippen molar-refractivity contribution in [2.24, 2.45) is 0 Å². The molecule has 0 heterocycles. The van der Waals surface area contributed by atoms with E-state index in [0.717, 1.165) is 9.13 Å². The van der Waals surface area contributed by atoms with Crippen LogP contribution < -0.4 is 0 Å². The summed E-state index contributed by atoms with van der Waals surface area (Å²) in [5.74, 6) is -0.350. The molecule has 0 bridgehead atoms. The molecule has 56 valence electrons. The zero-order chi connectivity index (χ0) is 8.43. The number of hydrogen-bond acceptors (Lipinski definition) is 1. The fourth-order valence-corrected chi connectivity index (χ4v) is 1.35. The van der Waals surface area contributed by atoms with Crippen LogP contribution in [0.25, 0.3) is 0 Å². The Hall–Kier alpha value is -0.630. The summed E-state index contributed by atoms with van der Waals surface area (Å²) in [6, 6.07) is 4.59. The number of halogens is 2. The van der Waals surface area contributed by atoms with E-state index in [9.17, 15) is 4.39 Å². The molecule has 0 N–H and O–H groups in total. The van der Waals surface area contributed by atoms with Crippen molar-refractivity contribution in [3.63, 3.8) is 0 Å². The molecule has 1 nitrogen and oxygen atoms in total. The minimum atomic E-state index is -0.350. The molecule has 1 aromatic rings. The van der Waals surface area contributed by atoms with Crippen LogP contribution in [0, 0.1) is 27.6 Å². The van der Waals surface area contributed by atoms with Gasteiger partial charge in [-0.2, -0.15) is 5.26 Å². The van der Waals surface area contributed by atoms with E-state index in [2.05, 4.69) is 0 Å². The second-order valence-corrected chi connectivity index (χ2v) is 3.33. The number of rotatable bonds is 0. The van der Waals surface area contributed by atoms with Gasteiger partial charge in [0.15, 0.2) is 0 Å². The maximum Gasteiger partial charge on any atom is 0.125 e. The SMILES string of the molecule is Cc1c(I)cc(F)cc1C#N. The highest BCUT2D eigenvalue weighted by molar-refractivity contribution is 14.1. The van der Waals surface area contributed by atoms with Crippen LogP contribution >= 0.6 is 22.6 Å². The second-order valence-electron chi connectivity index (χ2n) is 2.17. The smallest absolute Gasteiger partial charge is 0.125 e. The first-order valence-corrected chi connectivity index (χ1v) is 4.09. The summed E-state index contributed by atoms with van der Waals surface area (Å²) >= 11 is 2.01. The minimum absolute atomic E-state index is 0.350. The van der Waals surface area contributed by atoms with Gasteiger partial charge >= 0.3 is 0 Å². The first-order chi connectivity index (χ1) is 5.15. The van der Waals surface area contributed by atoms with E-state index >= 15 is 0 Å². The molecule has 0 saturated carbocycles. The summed E-state index contributed by atoms with van der Waals surface area (Å²) < 4.78 is 13.4. The van der Waals surface area contributed by atoms with Gasteiger partial charge in [-0.15, -0.1) is 0 Å². The van der Waals surface area contributed by atoms with E-state index in [-0.39, 0.29) is 5.82 Å². The lowest BCUT2D eigenvalue weighted by atomic mass is 10.1. The molecular formula is C8H5FIN. The van der Waals surface area contributed by atoms with Gasteiger partial charge in [-0.25, -0.2) is 4.39 Å². The van der Waals surface area contributed by atoms with Gasteiger partial charge in [-0.1, -0.05) is 0 Å². The van der Waals surface area contributed by atoms with Gasteiger partial charge in [-0.3, -0.25) is 0 Å². The molecule has 1 aromatic carbocycles. The van der Waals surface area contributed by atoms with Crippen molar-refractivity contribution >= 4 is 22.6 Å². The van der Waals surface area contributed by atoms with Crippen molar-refractivity contribution in [3.05, 3.63) is 32.6 Å². The predicted octanol–water partition coefficient (Wildman–Crippen LogP) is 2.61. The summed E-state index contributed by atoms with van der Waals surface area (Å²) in [5, 5.41) is 8.55. The van der Waals surface area contributed by atoms with Crippen LogP contribution in [0.1, 0.15) is 11.1 Å². The standard InChI is InChI=1S/C8H5FIN/c1-5-6(4-11)2-7(9)3-8(5)10/h2-3H,1H3. The van der Waals surface area contributed by atoms with E-state index in [1.165, 1.54) is 12.1 Å². The zero-order valence-corrected chi connectivity index (χ0v) is 8.02. The summed E-state index contributed by atoms with van der Waals surface area (Å²) in [5.41, 5.74) is 1.25. The number of nitriles is 1. The number of nitrogens with zero attached hydrogens (tertiary/aromatic N) is 1. The third-order valence-corrected chi connectivity index (χ3v) is 2.55. The van der Waals surface area contributed by atoms with Gasteiger partial charge < -0.3 is 0 Å². The second kappa shape index (κ2) is 3.18. The van der Waals surface area contributed by atoms with Crippen LogP contribution in [0.5, 0.6) is 0 Å². The average molecular weight is 261 g/mol. The normalized spacial score (nSPS) is 9.27. The van der Waals surface area contributed by atoms with Crippen molar-refractivity contribution in [3.8, 4) is 6.07 Å². The molecule has 11 heavy (non-hydrogen) atoms. The highest BCUT2D eigenvalue weighted by atomic mass is 127. The lowest BCUT2D eigenvalue weighted by Gasteiger charge is -1.99. The summed E-state index contributed by atoms with van der Waals surface area (Å²) in [7, 11) is 0. The Labute approximate surface area is 78.0 Å². The van der Waals surface area contributed by atoms with Gasteiger partial charge in [0.25, 0.3) is 0 Å². The number of benzene rings is 1. The summed E-state index contributed by atoms with van der Waals surface area (Å²) in [6.07, 6.45) is 0. The molecular weight excluding hydrogens is 256 g/mol. The summed E-state index contributed by atoms with van der Waals surface area (Å²) in [6.45, 7) is 1.81. The highest BCUT2D eigenvalue weighted by Crippen LogP contribution is 2.16. The average Bonchev–Trinajstić information content (AvgIpc) is 1.96. The number of hydrogen-bond donors (Lipinski definition) is 0. The van der Waals surface area contributed by atoms with Crippen LogP contribution in [-0.4, -0.2) is 0 Å². The molecule has 0 spiro atoms. The first-order valence-electron chi connectivity index (χ1n) is 3.01. The molecule has 0 fully saturated rings. The molecule has 0 atom stereocenters. The van der Waals surface area contributed by atoms with E-state index in [1.54, 1.807) is 6.92 Å². The zero-order valence-electron chi connectivity index (χ0n) is 5.86. The Morgan fingerprint density at radius 1 is 1.55 bits per heavy atom. The van der Waals surface area contributed by atoms with Gasteiger partial charge in [0.05, 0.1) is 11.6 Å². The topological polar surface area (TPSA) is 23.8 Å². The molecule has 0 saturated heterocycles. The Morgan fingerprint density at radius 3 is 2.73 bits per heavy atom. The first kappa shape index (κ1) is 8.47. The third-order valence-electron chi connectivity index (χ3n) is 1.43.